The highest BCUT2D eigenvalue weighted by atomic mass is 19.4. The van der Waals surface area contributed by atoms with E-state index in [-0.39, 0.29) is 0 Å². The number of nitriles is 1. The third-order valence-electron chi connectivity index (χ3n) is 3.91. The SMILES string of the molecule is N#CCCCN1c2ccccc2COc2ccc(C(F)(F)F)cc21. The van der Waals surface area contributed by atoms with Crippen molar-refractivity contribution in [3.05, 3.63) is 53.6 Å². The summed E-state index contributed by atoms with van der Waals surface area (Å²) < 4.78 is 45.0. The van der Waals surface area contributed by atoms with Crippen LogP contribution in [0.5, 0.6) is 5.75 Å². The molecule has 0 aromatic heterocycles. The van der Waals surface area contributed by atoms with Gasteiger partial charge in [0.2, 0.25) is 0 Å². The van der Waals surface area contributed by atoms with Crippen LogP contribution >= 0.6 is 0 Å². The lowest BCUT2D eigenvalue weighted by molar-refractivity contribution is -0.137. The Morgan fingerprint density at radius 2 is 1.92 bits per heavy atom. The van der Waals surface area contributed by atoms with Gasteiger partial charge in [0, 0.05) is 24.2 Å². The van der Waals surface area contributed by atoms with Gasteiger partial charge in [-0.1, -0.05) is 18.2 Å². The first-order valence-corrected chi connectivity index (χ1v) is 7.57. The molecule has 24 heavy (non-hydrogen) atoms. The van der Waals surface area contributed by atoms with Crippen molar-refractivity contribution in [1.29, 1.82) is 5.26 Å². The van der Waals surface area contributed by atoms with Gasteiger partial charge in [0.15, 0.2) is 0 Å². The number of fused-ring (bicyclic) bond motifs is 2. The van der Waals surface area contributed by atoms with Gasteiger partial charge in [0.1, 0.15) is 12.4 Å². The Labute approximate surface area is 137 Å². The maximum absolute atomic E-state index is 13.1. The molecule has 3 nitrogen and oxygen atoms in total. The van der Waals surface area contributed by atoms with Crippen LogP contribution in [-0.2, 0) is 12.8 Å². The predicted molar refractivity (Wildman–Crippen MR) is 84.1 cm³/mol. The van der Waals surface area contributed by atoms with E-state index < -0.39 is 11.7 Å². The van der Waals surface area contributed by atoms with E-state index in [0.29, 0.717) is 37.4 Å². The number of hydrogen-bond acceptors (Lipinski definition) is 3. The summed E-state index contributed by atoms with van der Waals surface area (Å²) in [5.74, 6) is 0.413. The van der Waals surface area contributed by atoms with E-state index in [2.05, 4.69) is 6.07 Å². The average molecular weight is 332 g/mol. The molecule has 2 aromatic carbocycles. The zero-order valence-electron chi connectivity index (χ0n) is 12.8. The smallest absolute Gasteiger partial charge is 0.416 e. The Morgan fingerprint density at radius 1 is 1.12 bits per heavy atom. The second-order valence-electron chi connectivity index (χ2n) is 5.51. The van der Waals surface area contributed by atoms with Gasteiger partial charge in [-0.15, -0.1) is 0 Å². The molecule has 0 saturated heterocycles. The molecule has 0 aliphatic carbocycles. The topological polar surface area (TPSA) is 36.3 Å². The summed E-state index contributed by atoms with van der Waals surface area (Å²) in [5.41, 5.74) is 1.38. The van der Waals surface area contributed by atoms with Gasteiger partial charge >= 0.3 is 6.18 Å². The first-order chi connectivity index (χ1) is 11.5. The molecule has 1 aliphatic heterocycles. The number of ether oxygens (including phenoxy) is 1. The first-order valence-electron chi connectivity index (χ1n) is 7.57. The van der Waals surface area contributed by atoms with Gasteiger partial charge < -0.3 is 9.64 Å². The van der Waals surface area contributed by atoms with Crippen molar-refractivity contribution in [3.63, 3.8) is 0 Å². The zero-order chi connectivity index (χ0) is 17.2. The fourth-order valence-corrected chi connectivity index (χ4v) is 2.77. The van der Waals surface area contributed by atoms with E-state index in [0.717, 1.165) is 23.4 Å². The van der Waals surface area contributed by atoms with Crippen molar-refractivity contribution in [2.45, 2.75) is 25.6 Å². The van der Waals surface area contributed by atoms with Gasteiger partial charge in [-0.2, -0.15) is 18.4 Å². The van der Waals surface area contributed by atoms with Crippen molar-refractivity contribution in [2.24, 2.45) is 0 Å². The van der Waals surface area contributed by atoms with Crippen LogP contribution in [0.3, 0.4) is 0 Å². The Hall–Kier alpha value is -2.68. The van der Waals surface area contributed by atoms with Gasteiger partial charge in [0.05, 0.1) is 17.3 Å². The molecule has 0 fully saturated rings. The summed E-state index contributed by atoms with van der Waals surface area (Å²) in [5, 5.41) is 8.75. The zero-order valence-corrected chi connectivity index (χ0v) is 12.8. The summed E-state index contributed by atoms with van der Waals surface area (Å²) >= 11 is 0. The minimum atomic E-state index is -4.42. The van der Waals surface area contributed by atoms with Crippen LogP contribution in [0.2, 0.25) is 0 Å². The van der Waals surface area contributed by atoms with Crippen LogP contribution in [0.25, 0.3) is 0 Å². The predicted octanol–water partition coefficient (Wildman–Crippen LogP) is 5.04. The summed E-state index contributed by atoms with van der Waals surface area (Å²) in [6.45, 7) is 0.742. The Kier molecular flexibility index (Phi) is 4.34. The summed E-state index contributed by atoms with van der Waals surface area (Å²) in [6.07, 6.45) is -3.52. The standard InChI is InChI=1S/C18H15F3N2O/c19-18(20,21)14-7-8-17-16(11-14)23(10-4-3-9-22)15-6-2-1-5-13(15)12-24-17/h1-2,5-8,11H,3-4,10,12H2. The second-order valence-corrected chi connectivity index (χ2v) is 5.51. The Bertz CT molecular complexity index is 781. The fraction of sp³-hybridized carbons (Fsp3) is 0.278. The monoisotopic (exact) mass is 332 g/mol. The van der Waals surface area contributed by atoms with E-state index in [1.807, 2.05) is 29.2 Å². The number of rotatable bonds is 3. The minimum absolute atomic E-state index is 0.295. The van der Waals surface area contributed by atoms with Crippen LogP contribution < -0.4 is 9.64 Å². The Morgan fingerprint density at radius 3 is 2.67 bits per heavy atom. The molecule has 0 bridgehead atoms. The molecule has 0 radical (unpaired) electrons. The molecule has 0 atom stereocenters. The summed E-state index contributed by atoms with van der Waals surface area (Å²) in [7, 11) is 0. The fourth-order valence-electron chi connectivity index (χ4n) is 2.77. The highest BCUT2D eigenvalue weighted by Gasteiger charge is 2.32. The van der Waals surface area contributed by atoms with E-state index in [4.69, 9.17) is 10.00 Å². The lowest BCUT2D eigenvalue weighted by Gasteiger charge is -2.26. The number of anilines is 2. The molecule has 0 spiro atoms. The van der Waals surface area contributed by atoms with Crippen LogP contribution in [-0.4, -0.2) is 6.54 Å². The van der Waals surface area contributed by atoms with E-state index in [1.165, 1.54) is 6.07 Å². The number of nitrogens with zero attached hydrogens (tertiary/aromatic N) is 2. The highest BCUT2D eigenvalue weighted by Crippen LogP contribution is 2.42. The van der Waals surface area contributed by atoms with Gasteiger partial charge in [-0.3, -0.25) is 0 Å². The molecule has 2 aromatic rings. The van der Waals surface area contributed by atoms with E-state index >= 15 is 0 Å². The summed E-state index contributed by atoms with van der Waals surface area (Å²) in [4.78, 5) is 1.81. The molecule has 1 aliphatic rings. The van der Waals surface area contributed by atoms with Crippen molar-refractivity contribution in [1.82, 2.24) is 0 Å². The molecule has 6 heteroatoms. The molecule has 0 saturated carbocycles. The van der Waals surface area contributed by atoms with Crippen molar-refractivity contribution in [2.75, 3.05) is 11.4 Å². The maximum atomic E-state index is 13.1. The molecule has 0 unspecified atom stereocenters. The molecule has 0 amide bonds. The quantitative estimate of drug-likeness (QED) is 0.739. The number of benzene rings is 2. The van der Waals surface area contributed by atoms with Crippen LogP contribution in [0.15, 0.2) is 42.5 Å². The lowest BCUT2D eigenvalue weighted by Crippen LogP contribution is -2.19. The number of alkyl halides is 3. The van der Waals surface area contributed by atoms with Gasteiger partial charge in [-0.25, -0.2) is 0 Å². The molecular formula is C18H15F3N2O. The molecule has 1 heterocycles. The van der Waals surface area contributed by atoms with E-state index in [1.54, 1.807) is 0 Å². The number of para-hydroxylation sites is 1. The van der Waals surface area contributed by atoms with Crippen molar-refractivity contribution >= 4 is 11.4 Å². The minimum Gasteiger partial charge on any atom is -0.487 e. The Balaban J connectivity index is 2.09. The van der Waals surface area contributed by atoms with Gasteiger partial charge in [0.25, 0.3) is 0 Å². The first kappa shape index (κ1) is 16.2. The molecule has 124 valence electrons. The highest BCUT2D eigenvalue weighted by molar-refractivity contribution is 5.73. The van der Waals surface area contributed by atoms with Crippen LogP contribution in [0, 0.1) is 11.3 Å². The number of halogens is 3. The third-order valence-corrected chi connectivity index (χ3v) is 3.91. The van der Waals surface area contributed by atoms with Crippen LogP contribution in [0.4, 0.5) is 24.5 Å². The molecular weight excluding hydrogens is 317 g/mol. The lowest BCUT2D eigenvalue weighted by atomic mass is 10.1. The summed E-state index contributed by atoms with van der Waals surface area (Å²) in [6, 6.07) is 13.0. The van der Waals surface area contributed by atoms with Crippen molar-refractivity contribution < 1.29 is 17.9 Å². The third kappa shape index (κ3) is 3.16. The molecule has 3 rings (SSSR count). The second kappa shape index (κ2) is 6.44. The van der Waals surface area contributed by atoms with Crippen LogP contribution in [0.1, 0.15) is 24.0 Å². The average Bonchev–Trinajstić information content (AvgIpc) is 2.71. The normalized spacial score (nSPS) is 13.3. The number of unbranched alkanes of at least 4 members (excludes halogenated alkanes) is 1. The van der Waals surface area contributed by atoms with Gasteiger partial charge in [-0.05, 0) is 30.7 Å². The van der Waals surface area contributed by atoms with E-state index in [9.17, 15) is 13.2 Å². The molecule has 0 N–H and O–H groups in total. The largest absolute Gasteiger partial charge is 0.487 e. The van der Waals surface area contributed by atoms with Crippen molar-refractivity contribution in [3.8, 4) is 11.8 Å². The number of hydrogen-bond donors (Lipinski definition) is 0. The maximum Gasteiger partial charge on any atom is 0.416 e.